The number of rotatable bonds is 4. The van der Waals surface area contributed by atoms with Crippen molar-refractivity contribution in [3.63, 3.8) is 0 Å². The van der Waals surface area contributed by atoms with E-state index in [2.05, 4.69) is 10.2 Å². The molecule has 2 aliphatic carbocycles. The summed E-state index contributed by atoms with van der Waals surface area (Å²) in [6.45, 7) is 4.81. The van der Waals surface area contributed by atoms with Gasteiger partial charge in [-0.2, -0.15) is 0 Å². The maximum atomic E-state index is 12.6. The molecule has 4 aliphatic rings. The van der Waals surface area contributed by atoms with Crippen LogP contribution in [0, 0.1) is 23.7 Å². The largest absolute Gasteiger partial charge is 0.346 e. The van der Waals surface area contributed by atoms with Crippen LogP contribution in [0.15, 0.2) is 0 Å². The van der Waals surface area contributed by atoms with E-state index in [0.29, 0.717) is 12.0 Å². The third-order valence-electron chi connectivity index (χ3n) is 5.86. The van der Waals surface area contributed by atoms with Crippen LogP contribution in [0.4, 0.5) is 0 Å². The summed E-state index contributed by atoms with van der Waals surface area (Å²) in [6.07, 6.45) is 6.29. The Morgan fingerprint density at radius 1 is 1.09 bits per heavy atom. The second-order valence-corrected chi connectivity index (χ2v) is 7.96. The average molecular weight is 307 g/mol. The van der Waals surface area contributed by atoms with Gasteiger partial charge in [0.05, 0.1) is 12.6 Å². The Hall–Kier alpha value is -1.10. The molecule has 3 atom stereocenters. The van der Waals surface area contributed by atoms with Crippen LogP contribution in [0.5, 0.6) is 0 Å². The number of fused-ring (bicyclic) bond motifs is 1. The summed E-state index contributed by atoms with van der Waals surface area (Å²) in [4.78, 5) is 26.6. The zero-order valence-corrected chi connectivity index (χ0v) is 13.8. The fourth-order valence-electron chi connectivity index (χ4n) is 4.77. The fraction of sp³-hybridized carbons (Fsp3) is 0.882. The molecule has 5 nitrogen and oxygen atoms in total. The highest BCUT2D eigenvalue weighted by atomic mass is 16.2. The molecule has 0 aromatic heterocycles. The van der Waals surface area contributed by atoms with Crippen LogP contribution in [0.2, 0.25) is 0 Å². The van der Waals surface area contributed by atoms with Gasteiger partial charge in [-0.15, -0.1) is 0 Å². The Morgan fingerprint density at radius 3 is 2.27 bits per heavy atom. The number of carbonyl (C=O) groups excluding carboxylic acids is 2. The Morgan fingerprint density at radius 2 is 1.68 bits per heavy atom. The van der Waals surface area contributed by atoms with Crippen molar-refractivity contribution in [2.45, 2.75) is 58.0 Å². The lowest BCUT2D eigenvalue weighted by Gasteiger charge is -2.39. The third kappa shape index (κ3) is 3.14. The molecule has 2 heterocycles. The smallest absolute Gasteiger partial charge is 0.242 e. The summed E-state index contributed by atoms with van der Waals surface area (Å²) < 4.78 is 0. The van der Waals surface area contributed by atoms with E-state index in [0.717, 1.165) is 31.2 Å². The molecule has 0 aromatic carbocycles. The predicted molar refractivity (Wildman–Crippen MR) is 84.9 cm³/mol. The van der Waals surface area contributed by atoms with Gasteiger partial charge in [-0.1, -0.05) is 13.8 Å². The van der Waals surface area contributed by atoms with Crippen molar-refractivity contribution in [2.24, 2.45) is 29.4 Å². The maximum Gasteiger partial charge on any atom is 0.242 e. The normalized spacial score (nSPS) is 34.6. The lowest BCUT2D eigenvalue weighted by Crippen LogP contribution is -2.50. The van der Waals surface area contributed by atoms with E-state index in [-0.39, 0.29) is 24.3 Å². The quantitative estimate of drug-likeness (QED) is 0.817. The molecule has 4 fully saturated rings. The van der Waals surface area contributed by atoms with E-state index in [9.17, 15) is 9.59 Å². The van der Waals surface area contributed by atoms with Crippen molar-refractivity contribution >= 4 is 11.8 Å². The molecule has 4 bridgehead atoms. The number of hydrogen-bond donors (Lipinski definition) is 2. The minimum absolute atomic E-state index is 0.0718. The van der Waals surface area contributed by atoms with Crippen LogP contribution in [0.25, 0.3) is 0 Å². The van der Waals surface area contributed by atoms with E-state index >= 15 is 0 Å². The minimum Gasteiger partial charge on any atom is -0.346 e. The molecule has 4 rings (SSSR count). The van der Waals surface area contributed by atoms with Gasteiger partial charge in [-0.3, -0.25) is 9.59 Å². The van der Waals surface area contributed by atoms with Gasteiger partial charge in [0.2, 0.25) is 11.8 Å². The van der Waals surface area contributed by atoms with Crippen molar-refractivity contribution in [1.82, 2.24) is 10.2 Å². The van der Waals surface area contributed by atoms with Crippen molar-refractivity contribution in [2.75, 3.05) is 13.1 Å². The maximum absolute atomic E-state index is 12.6. The van der Waals surface area contributed by atoms with Gasteiger partial charge in [0, 0.05) is 12.6 Å². The Kier molecular flexibility index (Phi) is 4.44. The van der Waals surface area contributed by atoms with Crippen molar-refractivity contribution in [3.8, 4) is 0 Å². The molecule has 0 radical (unpaired) electrons. The molecule has 2 saturated heterocycles. The van der Waals surface area contributed by atoms with E-state index < -0.39 is 6.04 Å². The molecule has 2 saturated carbocycles. The number of amides is 2. The predicted octanol–water partition coefficient (Wildman–Crippen LogP) is 1.12. The van der Waals surface area contributed by atoms with Crippen LogP contribution >= 0.6 is 0 Å². The number of nitrogens with zero attached hydrogens (tertiary/aromatic N) is 1. The highest BCUT2D eigenvalue weighted by molar-refractivity contribution is 5.87. The first-order valence-corrected chi connectivity index (χ1v) is 8.76. The number of carbonyl (C=O) groups is 2. The van der Waals surface area contributed by atoms with Gasteiger partial charge >= 0.3 is 0 Å². The fourth-order valence-corrected chi connectivity index (χ4v) is 4.77. The van der Waals surface area contributed by atoms with E-state index in [4.69, 9.17) is 5.73 Å². The van der Waals surface area contributed by atoms with E-state index in [1.54, 1.807) is 0 Å². The summed E-state index contributed by atoms with van der Waals surface area (Å²) in [7, 11) is 0. The molecule has 22 heavy (non-hydrogen) atoms. The van der Waals surface area contributed by atoms with Crippen molar-refractivity contribution in [1.29, 1.82) is 0 Å². The Bertz CT molecular complexity index is 437. The summed E-state index contributed by atoms with van der Waals surface area (Å²) in [5.74, 6) is 2.26. The SMILES string of the molecule is CC(C)[C@H](N)C(=O)NCC(=O)N1CC2CC3CC(C2)CC1C3. The summed E-state index contributed by atoms with van der Waals surface area (Å²) >= 11 is 0. The second kappa shape index (κ2) is 6.19. The average Bonchev–Trinajstić information content (AvgIpc) is 2.67. The van der Waals surface area contributed by atoms with Crippen LogP contribution in [0.1, 0.15) is 46.0 Å². The lowest BCUT2D eigenvalue weighted by atomic mass is 9.68. The van der Waals surface area contributed by atoms with Crippen LogP contribution in [-0.2, 0) is 9.59 Å². The first-order valence-electron chi connectivity index (χ1n) is 8.76. The lowest BCUT2D eigenvalue weighted by molar-refractivity contribution is -0.135. The van der Waals surface area contributed by atoms with E-state index in [1.165, 1.54) is 19.3 Å². The van der Waals surface area contributed by atoms with Crippen LogP contribution in [-0.4, -0.2) is 41.9 Å². The van der Waals surface area contributed by atoms with Gasteiger partial charge < -0.3 is 16.0 Å². The zero-order chi connectivity index (χ0) is 15.9. The Balaban J connectivity index is 1.57. The van der Waals surface area contributed by atoms with Gasteiger partial charge in [0.15, 0.2) is 0 Å². The van der Waals surface area contributed by atoms with Gasteiger partial charge in [0.1, 0.15) is 0 Å². The summed E-state index contributed by atoms with van der Waals surface area (Å²) in [6, 6.07) is -0.136. The highest BCUT2D eigenvalue weighted by Crippen LogP contribution is 2.47. The highest BCUT2D eigenvalue weighted by Gasteiger charge is 2.43. The molecule has 124 valence electrons. The molecular formula is C17H29N3O2. The standard InChI is InChI=1S/C17H29N3O2/c1-10(2)16(18)17(22)19-8-15(21)20-9-13-4-11-3-12(5-13)7-14(20)6-11/h10-14,16H,3-9,18H2,1-2H3,(H,19,22)/t11?,12?,13?,14?,16-/m0/s1. The van der Waals surface area contributed by atoms with Crippen LogP contribution < -0.4 is 11.1 Å². The molecule has 5 heteroatoms. The van der Waals surface area contributed by atoms with E-state index in [1.807, 2.05) is 13.8 Å². The molecule has 0 spiro atoms. The number of nitrogens with two attached hydrogens (primary N) is 1. The topological polar surface area (TPSA) is 75.4 Å². The summed E-state index contributed by atoms with van der Waals surface area (Å²) in [5.41, 5.74) is 5.82. The summed E-state index contributed by atoms with van der Waals surface area (Å²) in [5, 5.41) is 2.73. The minimum atomic E-state index is -0.538. The first kappa shape index (κ1) is 15.8. The van der Waals surface area contributed by atoms with Gasteiger partial charge in [-0.25, -0.2) is 0 Å². The molecule has 2 aliphatic heterocycles. The molecule has 2 amide bonds. The van der Waals surface area contributed by atoms with Gasteiger partial charge in [-0.05, 0) is 55.8 Å². The first-order chi connectivity index (χ1) is 10.4. The number of hydrogen-bond acceptors (Lipinski definition) is 3. The molecule has 2 unspecified atom stereocenters. The second-order valence-electron chi connectivity index (χ2n) is 7.96. The monoisotopic (exact) mass is 307 g/mol. The van der Waals surface area contributed by atoms with Crippen molar-refractivity contribution < 1.29 is 9.59 Å². The third-order valence-corrected chi connectivity index (χ3v) is 5.86. The number of nitrogens with one attached hydrogen (secondary N) is 1. The molecule has 0 aromatic rings. The molecular weight excluding hydrogens is 278 g/mol. The molecule has 3 N–H and O–H groups in total. The van der Waals surface area contributed by atoms with Crippen molar-refractivity contribution in [3.05, 3.63) is 0 Å². The zero-order valence-electron chi connectivity index (χ0n) is 13.8. The Labute approximate surface area is 133 Å². The van der Waals surface area contributed by atoms with Crippen LogP contribution in [0.3, 0.4) is 0 Å². The van der Waals surface area contributed by atoms with Gasteiger partial charge in [0.25, 0.3) is 0 Å².